The fourth-order valence-electron chi connectivity index (χ4n) is 3.18. The number of piperazine rings is 1. The number of ether oxygens (including phenoxy) is 2. The number of nitrogens with one attached hydrogen (secondary N) is 1. The molecule has 0 unspecified atom stereocenters. The third-order valence-corrected chi connectivity index (χ3v) is 4.33. The Hall–Kier alpha value is -2.11. The van der Waals surface area contributed by atoms with Crippen molar-refractivity contribution in [1.29, 1.82) is 0 Å². The predicted octanol–water partition coefficient (Wildman–Crippen LogP) is 3.02. The lowest BCUT2D eigenvalue weighted by atomic mass is 10.0. The first-order valence-corrected chi connectivity index (χ1v) is 8.86. The number of aromatic nitrogens is 1. The van der Waals surface area contributed by atoms with Crippen LogP contribution in [0.1, 0.15) is 31.0 Å². The lowest BCUT2D eigenvalue weighted by Crippen LogP contribution is -2.45. The quantitative estimate of drug-likeness (QED) is 0.875. The minimum absolute atomic E-state index is 0.172. The van der Waals surface area contributed by atoms with Crippen LogP contribution in [-0.2, 0) is 6.54 Å². The van der Waals surface area contributed by atoms with Crippen LogP contribution in [0.2, 0.25) is 0 Å². The van der Waals surface area contributed by atoms with E-state index in [2.05, 4.69) is 53.3 Å². The number of hydrogen-bond acceptors (Lipinski definition) is 5. The molecule has 3 rings (SSSR count). The van der Waals surface area contributed by atoms with Crippen LogP contribution in [0.25, 0.3) is 0 Å². The Bertz CT molecular complexity index is 673. The lowest BCUT2D eigenvalue weighted by molar-refractivity contribution is 0.186. The van der Waals surface area contributed by atoms with Crippen LogP contribution in [0.3, 0.4) is 0 Å². The van der Waals surface area contributed by atoms with Crippen molar-refractivity contribution in [3.8, 4) is 11.6 Å². The number of hydrogen-bond donors (Lipinski definition) is 1. The van der Waals surface area contributed by atoms with Crippen LogP contribution < -0.4 is 14.8 Å². The third kappa shape index (κ3) is 4.71. The Kier molecular flexibility index (Phi) is 5.89. The second-order valence-corrected chi connectivity index (χ2v) is 6.66. The average Bonchev–Trinajstić information content (AvgIpc) is 2.62. The number of methoxy groups -OCH3 is 1. The maximum Gasteiger partial charge on any atom is 0.212 e. The van der Waals surface area contributed by atoms with E-state index in [1.165, 1.54) is 11.1 Å². The molecule has 0 saturated carbocycles. The van der Waals surface area contributed by atoms with Crippen LogP contribution in [0.5, 0.6) is 11.6 Å². The molecule has 1 fully saturated rings. The van der Waals surface area contributed by atoms with Gasteiger partial charge < -0.3 is 14.8 Å². The number of pyridine rings is 1. The number of rotatable bonds is 6. The first-order chi connectivity index (χ1) is 12.2. The molecule has 2 heterocycles. The number of para-hydroxylation sites is 1. The van der Waals surface area contributed by atoms with Crippen molar-refractivity contribution in [2.45, 2.75) is 32.5 Å². The van der Waals surface area contributed by atoms with E-state index in [4.69, 9.17) is 9.47 Å². The Balaban J connectivity index is 1.68. The van der Waals surface area contributed by atoms with Crippen molar-refractivity contribution in [3.63, 3.8) is 0 Å². The first-order valence-electron chi connectivity index (χ1n) is 8.86. The molecule has 0 amide bonds. The number of benzene rings is 1. The van der Waals surface area contributed by atoms with E-state index in [1.54, 1.807) is 7.11 Å². The van der Waals surface area contributed by atoms with Gasteiger partial charge in [0.1, 0.15) is 5.75 Å². The maximum absolute atomic E-state index is 6.00. The molecule has 5 nitrogen and oxygen atoms in total. The van der Waals surface area contributed by atoms with E-state index >= 15 is 0 Å². The summed E-state index contributed by atoms with van der Waals surface area (Å²) < 4.78 is 11.1. The Morgan fingerprint density at radius 1 is 1.24 bits per heavy atom. The molecule has 5 heteroatoms. The van der Waals surface area contributed by atoms with Crippen molar-refractivity contribution in [1.82, 2.24) is 15.2 Å². The van der Waals surface area contributed by atoms with Gasteiger partial charge in [0.15, 0.2) is 0 Å². The van der Waals surface area contributed by atoms with Gasteiger partial charge in [0.25, 0.3) is 0 Å². The van der Waals surface area contributed by atoms with Crippen molar-refractivity contribution >= 4 is 0 Å². The molecule has 1 aromatic heterocycles. The highest BCUT2D eigenvalue weighted by Crippen LogP contribution is 2.28. The molecular weight excluding hydrogens is 314 g/mol. The fourth-order valence-corrected chi connectivity index (χ4v) is 3.18. The van der Waals surface area contributed by atoms with E-state index in [9.17, 15) is 0 Å². The lowest BCUT2D eigenvalue weighted by Gasteiger charge is -2.34. The van der Waals surface area contributed by atoms with Crippen molar-refractivity contribution in [2.75, 3.05) is 26.7 Å². The zero-order chi connectivity index (χ0) is 17.6. The van der Waals surface area contributed by atoms with Crippen molar-refractivity contribution in [3.05, 3.63) is 53.7 Å². The smallest absolute Gasteiger partial charge is 0.212 e. The monoisotopic (exact) mass is 341 g/mol. The molecule has 1 aliphatic rings. The molecule has 1 N–H and O–H groups in total. The summed E-state index contributed by atoms with van der Waals surface area (Å²) in [5, 5.41) is 3.63. The van der Waals surface area contributed by atoms with Crippen LogP contribution >= 0.6 is 0 Å². The molecule has 1 atom stereocenters. The Morgan fingerprint density at radius 2 is 2.08 bits per heavy atom. The topological polar surface area (TPSA) is 46.6 Å². The highest BCUT2D eigenvalue weighted by atomic mass is 16.5. The summed E-state index contributed by atoms with van der Waals surface area (Å²) in [6.07, 6.45) is 2.07. The van der Waals surface area contributed by atoms with Crippen molar-refractivity contribution < 1.29 is 9.47 Å². The van der Waals surface area contributed by atoms with Gasteiger partial charge >= 0.3 is 0 Å². The molecule has 1 saturated heterocycles. The predicted molar refractivity (Wildman–Crippen MR) is 99.0 cm³/mol. The summed E-state index contributed by atoms with van der Waals surface area (Å²) in [5.41, 5.74) is 2.43. The van der Waals surface area contributed by atoms with Crippen LogP contribution in [0.4, 0.5) is 0 Å². The van der Waals surface area contributed by atoms with E-state index in [-0.39, 0.29) is 12.1 Å². The van der Waals surface area contributed by atoms with Crippen LogP contribution in [-0.4, -0.2) is 42.7 Å². The van der Waals surface area contributed by atoms with Crippen LogP contribution in [0.15, 0.2) is 42.6 Å². The summed E-state index contributed by atoms with van der Waals surface area (Å²) in [4.78, 5) is 6.76. The number of nitrogens with zero attached hydrogens (tertiary/aromatic N) is 2. The Morgan fingerprint density at radius 3 is 2.80 bits per heavy atom. The van der Waals surface area contributed by atoms with E-state index in [0.29, 0.717) is 5.88 Å². The SMILES string of the molecule is COc1ccc(CN2CCN[C@H](c3ccccc3OC(C)C)C2)cn1. The highest BCUT2D eigenvalue weighted by Gasteiger charge is 2.23. The molecule has 134 valence electrons. The van der Waals surface area contributed by atoms with Gasteiger partial charge in [-0.15, -0.1) is 0 Å². The molecule has 0 aliphatic carbocycles. The molecule has 0 bridgehead atoms. The van der Waals surface area contributed by atoms with Crippen molar-refractivity contribution in [2.24, 2.45) is 0 Å². The van der Waals surface area contributed by atoms with Gasteiger partial charge in [-0.1, -0.05) is 24.3 Å². The molecule has 0 radical (unpaired) electrons. The molecule has 25 heavy (non-hydrogen) atoms. The first kappa shape index (κ1) is 17.7. The molecule has 1 aliphatic heterocycles. The molecular formula is C20H27N3O2. The van der Waals surface area contributed by atoms with Gasteiger partial charge in [0.2, 0.25) is 5.88 Å². The largest absolute Gasteiger partial charge is 0.491 e. The second-order valence-electron chi connectivity index (χ2n) is 6.66. The summed E-state index contributed by atoms with van der Waals surface area (Å²) in [5.74, 6) is 1.63. The van der Waals surface area contributed by atoms with E-state index in [0.717, 1.165) is 31.9 Å². The van der Waals surface area contributed by atoms with Gasteiger partial charge in [-0.2, -0.15) is 0 Å². The van der Waals surface area contributed by atoms with E-state index in [1.807, 2.05) is 18.3 Å². The molecule has 2 aromatic rings. The minimum atomic E-state index is 0.172. The van der Waals surface area contributed by atoms with Gasteiger partial charge in [-0.05, 0) is 25.5 Å². The standard InChI is InChI=1S/C20H27N3O2/c1-15(2)25-19-7-5-4-6-17(19)18-14-23(11-10-21-18)13-16-8-9-20(24-3)22-12-16/h4-9,12,15,18,21H,10-11,13-14H2,1-3H3/t18-/m0/s1. The zero-order valence-corrected chi connectivity index (χ0v) is 15.2. The van der Waals surface area contributed by atoms with Gasteiger partial charge in [-0.3, -0.25) is 4.90 Å². The van der Waals surface area contributed by atoms with Gasteiger partial charge in [0.05, 0.1) is 13.2 Å². The van der Waals surface area contributed by atoms with E-state index < -0.39 is 0 Å². The zero-order valence-electron chi connectivity index (χ0n) is 15.2. The molecule has 1 aromatic carbocycles. The summed E-state index contributed by atoms with van der Waals surface area (Å²) in [6.45, 7) is 7.95. The summed E-state index contributed by atoms with van der Waals surface area (Å²) in [7, 11) is 1.64. The van der Waals surface area contributed by atoms with Gasteiger partial charge in [0, 0.05) is 50.0 Å². The minimum Gasteiger partial charge on any atom is -0.491 e. The fraction of sp³-hybridized carbons (Fsp3) is 0.450. The maximum atomic E-state index is 6.00. The Labute approximate surface area is 150 Å². The highest BCUT2D eigenvalue weighted by molar-refractivity contribution is 5.36. The molecule has 0 spiro atoms. The summed E-state index contributed by atoms with van der Waals surface area (Å²) >= 11 is 0. The second kappa shape index (κ2) is 8.32. The van der Waals surface area contributed by atoms with Crippen LogP contribution in [0, 0.1) is 0 Å². The normalized spacial score (nSPS) is 18.3. The summed E-state index contributed by atoms with van der Waals surface area (Å²) in [6, 6.07) is 12.6. The third-order valence-electron chi connectivity index (χ3n) is 4.33. The van der Waals surface area contributed by atoms with Gasteiger partial charge in [-0.25, -0.2) is 4.98 Å². The average molecular weight is 341 g/mol.